The molecule has 1 heterocycles. The van der Waals surface area contributed by atoms with Crippen molar-refractivity contribution in [2.45, 2.75) is 30.7 Å². The summed E-state index contributed by atoms with van der Waals surface area (Å²) in [4.78, 5) is 22.4. The van der Waals surface area contributed by atoms with Gasteiger partial charge in [-0.1, -0.05) is 24.3 Å². The number of allylic oxidation sites excluding steroid dienone is 2. The van der Waals surface area contributed by atoms with Crippen molar-refractivity contribution in [3.8, 4) is 0 Å². The molecular weight excluding hydrogens is 320 g/mol. The summed E-state index contributed by atoms with van der Waals surface area (Å²) in [6.07, 6.45) is -4.42. The number of hydrogen-bond acceptors (Lipinski definition) is 8. The first-order valence-corrected chi connectivity index (χ1v) is 7.21. The van der Waals surface area contributed by atoms with Gasteiger partial charge in [0.25, 0.3) is 0 Å². The molecule has 130 valence electrons. The van der Waals surface area contributed by atoms with E-state index in [1.54, 1.807) is 24.3 Å². The van der Waals surface area contributed by atoms with Crippen LogP contribution in [0.3, 0.4) is 0 Å². The zero-order valence-corrected chi connectivity index (χ0v) is 12.5. The summed E-state index contributed by atoms with van der Waals surface area (Å²) in [6, 6.07) is 6.84. The molecule has 5 N–H and O–H groups in total. The van der Waals surface area contributed by atoms with E-state index in [1.165, 1.54) is 12.2 Å². The first-order valence-electron chi connectivity index (χ1n) is 7.21. The highest BCUT2D eigenvalue weighted by molar-refractivity contribution is 6.21. The van der Waals surface area contributed by atoms with Gasteiger partial charge in [0.15, 0.2) is 17.9 Å². The number of rotatable bonds is 1. The van der Waals surface area contributed by atoms with Crippen LogP contribution in [0, 0.1) is 0 Å². The predicted molar refractivity (Wildman–Crippen MR) is 80.2 cm³/mol. The molecule has 1 aromatic rings. The maximum Gasteiger partial charge on any atom is 0.186 e. The monoisotopic (exact) mass is 338 g/mol. The second-order valence-corrected chi connectivity index (χ2v) is 5.33. The number of benzene rings is 1. The number of ketones is 2. The Bertz CT molecular complexity index is 599. The number of ether oxygens (including phenoxy) is 1. The molecule has 2 aliphatic rings. The molecule has 8 heteroatoms. The van der Waals surface area contributed by atoms with Gasteiger partial charge in [-0.2, -0.15) is 0 Å². The Kier molecular flexibility index (Phi) is 5.94. The number of hydrogen-bond donors (Lipinski definition) is 5. The molecule has 24 heavy (non-hydrogen) atoms. The molecule has 0 aromatic heterocycles. The Hall–Kier alpha value is -1.94. The molecule has 0 spiro atoms. The third-order valence-corrected chi connectivity index (χ3v) is 3.71. The molecule has 1 fully saturated rings. The lowest BCUT2D eigenvalue weighted by molar-refractivity contribution is -0.286. The quantitative estimate of drug-likeness (QED) is 0.412. The zero-order valence-electron chi connectivity index (χ0n) is 12.5. The van der Waals surface area contributed by atoms with Crippen molar-refractivity contribution in [2.24, 2.45) is 0 Å². The molecule has 0 bridgehead atoms. The second-order valence-electron chi connectivity index (χ2n) is 5.33. The average molecular weight is 338 g/mol. The van der Waals surface area contributed by atoms with Crippen LogP contribution in [0.5, 0.6) is 0 Å². The fraction of sp³-hybridized carbons (Fsp3) is 0.375. The van der Waals surface area contributed by atoms with Crippen molar-refractivity contribution in [3.63, 3.8) is 0 Å². The average Bonchev–Trinajstić information content (AvgIpc) is 2.60. The van der Waals surface area contributed by atoms with E-state index in [-0.39, 0.29) is 11.6 Å². The lowest BCUT2D eigenvalue weighted by atomic mass is 9.95. The maximum atomic E-state index is 11.2. The minimum Gasteiger partial charge on any atom is -0.394 e. The molecule has 1 unspecified atom stereocenters. The first kappa shape index (κ1) is 18.4. The fourth-order valence-electron chi connectivity index (χ4n) is 2.33. The van der Waals surface area contributed by atoms with Crippen LogP contribution in [0.15, 0.2) is 36.4 Å². The van der Waals surface area contributed by atoms with Crippen molar-refractivity contribution in [1.82, 2.24) is 0 Å². The predicted octanol–water partition coefficient (Wildman–Crippen LogP) is -1.60. The number of carbonyl (C=O) groups excluding carboxylic acids is 2. The molecule has 1 aromatic carbocycles. The van der Waals surface area contributed by atoms with E-state index < -0.39 is 37.3 Å². The van der Waals surface area contributed by atoms with Gasteiger partial charge in [0.1, 0.15) is 24.4 Å². The lowest BCUT2D eigenvalue weighted by Gasteiger charge is -2.37. The Morgan fingerprint density at radius 1 is 0.833 bits per heavy atom. The van der Waals surface area contributed by atoms with Gasteiger partial charge in [0.2, 0.25) is 0 Å². The fourth-order valence-corrected chi connectivity index (χ4v) is 2.33. The van der Waals surface area contributed by atoms with Crippen molar-refractivity contribution in [2.75, 3.05) is 6.61 Å². The van der Waals surface area contributed by atoms with E-state index in [4.69, 9.17) is 25.5 Å². The van der Waals surface area contributed by atoms with E-state index in [9.17, 15) is 9.59 Å². The normalized spacial score (nSPS) is 32.0. The molecule has 1 aliphatic heterocycles. The number of fused-ring (bicyclic) bond motifs is 1. The van der Waals surface area contributed by atoms with Gasteiger partial charge >= 0.3 is 0 Å². The minimum absolute atomic E-state index is 0.0924. The van der Waals surface area contributed by atoms with Crippen molar-refractivity contribution in [3.05, 3.63) is 47.5 Å². The molecule has 0 saturated carbocycles. The summed E-state index contributed by atoms with van der Waals surface area (Å²) in [5, 5.41) is 44.7. The molecule has 8 nitrogen and oxygen atoms in total. The standard InChI is InChI=1S/C10H6O2.C6H12O6/c11-9-5-6-10(12)8-4-2-1-3-7(8)9;7-1-2-3(8)4(9)5(10)6(11)12-2/h1-6H;2-11H,1H2/t;2-,3-,4+,5-,6?/m.1/s1. The summed E-state index contributed by atoms with van der Waals surface area (Å²) >= 11 is 0. The Morgan fingerprint density at radius 3 is 1.79 bits per heavy atom. The van der Waals surface area contributed by atoms with Gasteiger partial charge in [0.05, 0.1) is 6.61 Å². The number of carbonyl (C=O) groups is 2. The zero-order chi connectivity index (χ0) is 17.9. The molecule has 5 atom stereocenters. The topological polar surface area (TPSA) is 145 Å². The van der Waals surface area contributed by atoms with E-state index >= 15 is 0 Å². The van der Waals surface area contributed by atoms with Gasteiger partial charge in [-0.3, -0.25) is 9.59 Å². The molecule has 0 radical (unpaired) electrons. The molecule has 1 saturated heterocycles. The Morgan fingerprint density at radius 2 is 1.33 bits per heavy atom. The van der Waals surface area contributed by atoms with Crippen molar-refractivity contribution in [1.29, 1.82) is 0 Å². The highest BCUT2D eigenvalue weighted by Crippen LogP contribution is 2.19. The molecule has 3 rings (SSSR count). The van der Waals surface area contributed by atoms with Gasteiger partial charge in [-0.25, -0.2) is 0 Å². The van der Waals surface area contributed by atoms with Crippen LogP contribution in [-0.4, -0.2) is 74.4 Å². The summed E-state index contributed by atoms with van der Waals surface area (Å²) in [6.45, 7) is -0.526. The Balaban J connectivity index is 0.000000174. The van der Waals surface area contributed by atoms with E-state index in [1.807, 2.05) is 0 Å². The van der Waals surface area contributed by atoms with Crippen LogP contribution in [-0.2, 0) is 4.74 Å². The van der Waals surface area contributed by atoms with Crippen LogP contribution in [0.25, 0.3) is 0 Å². The van der Waals surface area contributed by atoms with Gasteiger partial charge in [-0.05, 0) is 12.2 Å². The van der Waals surface area contributed by atoms with Gasteiger partial charge in [0, 0.05) is 11.1 Å². The third-order valence-electron chi connectivity index (χ3n) is 3.71. The number of aliphatic hydroxyl groups is 5. The van der Waals surface area contributed by atoms with Gasteiger partial charge in [-0.15, -0.1) is 0 Å². The highest BCUT2D eigenvalue weighted by Gasteiger charge is 2.42. The summed E-state index contributed by atoms with van der Waals surface area (Å²) in [5.41, 5.74) is 1.01. The molecular formula is C16H18O8. The van der Waals surface area contributed by atoms with Crippen LogP contribution in [0.1, 0.15) is 20.7 Å². The first-order chi connectivity index (χ1) is 11.4. The second kappa shape index (κ2) is 7.75. The summed E-state index contributed by atoms with van der Waals surface area (Å²) in [5.74, 6) is -0.185. The molecule has 0 amide bonds. The van der Waals surface area contributed by atoms with Crippen LogP contribution < -0.4 is 0 Å². The largest absolute Gasteiger partial charge is 0.394 e. The highest BCUT2D eigenvalue weighted by atomic mass is 16.6. The third kappa shape index (κ3) is 3.75. The van der Waals surface area contributed by atoms with Crippen molar-refractivity contribution < 1.29 is 39.9 Å². The SMILES string of the molecule is O=C1C=CC(=O)c2ccccc21.OC[C@H]1OC(O)[C@H](O)[C@@H](O)[C@@H]1O. The van der Waals surface area contributed by atoms with Crippen molar-refractivity contribution >= 4 is 11.6 Å². The summed E-state index contributed by atoms with van der Waals surface area (Å²) < 4.78 is 4.58. The van der Waals surface area contributed by atoms with Crippen LogP contribution in [0.2, 0.25) is 0 Å². The van der Waals surface area contributed by atoms with E-state index in [2.05, 4.69) is 4.74 Å². The van der Waals surface area contributed by atoms with Gasteiger partial charge < -0.3 is 30.3 Å². The molecule has 1 aliphatic carbocycles. The minimum atomic E-state index is -1.57. The van der Waals surface area contributed by atoms with E-state index in [0.29, 0.717) is 11.1 Å². The maximum absolute atomic E-state index is 11.2. The smallest absolute Gasteiger partial charge is 0.186 e. The van der Waals surface area contributed by atoms with Crippen LogP contribution >= 0.6 is 0 Å². The lowest BCUT2D eigenvalue weighted by Crippen LogP contribution is -2.58. The number of aliphatic hydroxyl groups excluding tert-OH is 5. The van der Waals surface area contributed by atoms with E-state index in [0.717, 1.165) is 0 Å². The summed E-state index contributed by atoms with van der Waals surface area (Å²) in [7, 11) is 0. The van der Waals surface area contributed by atoms with Crippen LogP contribution in [0.4, 0.5) is 0 Å². The Labute approximate surface area is 137 Å².